The van der Waals surface area contributed by atoms with Gasteiger partial charge in [-0.3, -0.25) is 0 Å². The maximum atomic E-state index is 5.35. The van der Waals surface area contributed by atoms with Gasteiger partial charge in [0.25, 0.3) is 0 Å². The van der Waals surface area contributed by atoms with Gasteiger partial charge in [0.1, 0.15) is 0 Å². The first kappa shape index (κ1) is 15.5. The van der Waals surface area contributed by atoms with Crippen LogP contribution in [0.25, 0.3) is 0 Å². The molecule has 0 bridgehead atoms. The third-order valence-corrected chi connectivity index (χ3v) is 3.98. The van der Waals surface area contributed by atoms with Gasteiger partial charge >= 0.3 is 0 Å². The smallest absolute Gasteiger partial charge is 0.231 e. The molecule has 0 amide bonds. The lowest BCUT2D eigenvalue weighted by atomic mass is 10.0. The lowest BCUT2D eigenvalue weighted by Gasteiger charge is -2.17. The lowest BCUT2D eigenvalue weighted by Crippen LogP contribution is -2.31. The molecule has 0 spiro atoms. The summed E-state index contributed by atoms with van der Waals surface area (Å²) in [6.45, 7) is 11.8. The van der Waals surface area contributed by atoms with Crippen molar-refractivity contribution in [2.45, 2.75) is 64.0 Å². The second kappa shape index (κ2) is 7.79. The first-order valence-electron chi connectivity index (χ1n) is 6.72. The van der Waals surface area contributed by atoms with Crippen LogP contribution in [0.3, 0.4) is 0 Å². The molecule has 0 aliphatic carbocycles. The Morgan fingerprint density at radius 2 is 2.00 bits per heavy atom. The molecular formula is C13H25N3OS. The van der Waals surface area contributed by atoms with Crippen molar-refractivity contribution in [1.82, 2.24) is 15.5 Å². The molecule has 18 heavy (non-hydrogen) atoms. The molecule has 5 heteroatoms. The van der Waals surface area contributed by atoms with Crippen molar-refractivity contribution in [2.24, 2.45) is 0 Å². The quantitative estimate of drug-likeness (QED) is 0.787. The van der Waals surface area contributed by atoms with Gasteiger partial charge < -0.3 is 9.84 Å². The van der Waals surface area contributed by atoms with Crippen LogP contribution in [0.4, 0.5) is 0 Å². The molecule has 4 nitrogen and oxygen atoms in total. The van der Waals surface area contributed by atoms with Crippen LogP contribution >= 0.6 is 11.8 Å². The Bertz CT molecular complexity index is 341. The molecule has 1 rings (SSSR count). The molecule has 1 aromatic rings. The lowest BCUT2D eigenvalue weighted by molar-refractivity contribution is 0.329. The number of rotatable bonds is 8. The molecule has 2 atom stereocenters. The largest absolute Gasteiger partial charge is 0.339 e. The van der Waals surface area contributed by atoms with E-state index in [0.29, 0.717) is 11.3 Å². The Morgan fingerprint density at radius 3 is 2.61 bits per heavy atom. The van der Waals surface area contributed by atoms with Crippen molar-refractivity contribution >= 4 is 11.8 Å². The van der Waals surface area contributed by atoms with Crippen molar-refractivity contribution in [2.75, 3.05) is 6.54 Å². The van der Waals surface area contributed by atoms with E-state index < -0.39 is 0 Å². The summed E-state index contributed by atoms with van der Waals surface area (Å²) in [7, 11) is 0. The zero-order chi connectivity index (χ0) is 13.5. The fourth-order valence-electron chi connectivity index (χ4n) is 1.51. The molecule has 0 saturated carbocycles. The number of hydrogen-bond donors (Lipinski definition) is 1. The van der Waals surface area contributed by atoms with Crippen LogP contribution in [-0.2, 0) is 5.75 Å². The topological polar surface area (TPSA) is 51.0 Å². The number of thioether (sulfide) groups is 1. The summed E-state index contributed by atoms with van der Waals surface area (Å²) in [6, 6.07) is 0.357. The van der Waals surface area contributed by atoms with E-state index in [1.165, 1.54) is 0 Å². The average molecular weight is 271 g/mol. The summed E-state index contributed by atoms with van der Waals surface area (Å²) < 4.78 is 5.35. The van der Waals surface area contributed by atoms with E-state index in [1.807, 2.05) is 11.8 Å². The van der Waals surface area contributed by atoms with Gasteiger partial charge in [0, 0.05) is 6.04 Å². The number of aromatic nitrogens is 2. The first-order chi connectivity index (χ1) is 8.54. The van der Waals surface area contributed by atoms with Crippen molar-refractivity contribution in [1.29, 1.82) is 0 Å². The van der Waals surface area contributed by atoms with Gasteiger partial charge in [-0.15, -0.1) is 0 Å². The molecule has 0 saturated heterocycles. The third kappa shape index (κ3) is 4.98. The van der Waals surface area contributed by atoms with E-state index in [-0.39, 0.29) is 5.92 Å². The van der Waals surface area contributed by atoms with Gasteiger partial charge in [-0.2, -0.15) is 16.7 Å². The molecule has 0 fully saturated rings. The fraction of sp³-hybridized carbons (Fsp3) is 0.846. The summed E-state index contributed by atoms with van der Waals surface area (Å²) in [6.07, 6.45) is 1.14. The van der Waals surface area contributed by atoms with E-state index in [9.17, 15) is 0 Å². The van der Waals surface area contributed by atoms with Gasteiger partial charge in [-0.05, 0) is 25.1 Å². The minimum Gasteiger partial charge on any atom is -0.339 e. The summed E-state index contributed by atoms with van der Waals surface area (Å²) >= 11 is 1.83. The molecule has 104 valence electrons. The van der Waals surface area contributed by atoms with Crippen LogP contribution in [0.1, 0.15) is 58.7 Å². The highest BCUT2D eigenvalue weighted by molar-refractivity contribution is 7.99. The number of hydrogen-bond acceptors (Lipinski definition) is 5. The van der Waals surface area contributed by atoms with E-state index in [0.717, 1.165) is 30.4 Å². The minimum absolute atomic E-state index is 0.252. The second-order valence-electron chi connectivity index (χ2n) is 4.94. The highest BCUT2D eigenvalue weighted by atomic mass is 32.2. The Kier molecular flexibility index (Phi) is 6.71. The van der Waals surface area contributed by atoms with Gasteiger partial charge in [0.15, 0.2) is 5.82 Å². The van der Waals surface area contributed by atoms with Gasteiger partial charge in [-0.1, -0.05) is 32.9 Å². The van der Waals surface area contributed by atoms with Gasteiger partial charge in [-0.25, -0.2) is 0 Å². The summed E-state index contributed by atoms with van der Waals surface area (Å²) in [4.78, 5) is 4.47. The average Bonchev–Trinajstić information content (AvgIpc) is 2.81. The van der Waals surface area contributed by atoms with E-state index in [4.69, 9.17) is 4.52 Å². The molecule has 0 radical (unpaired) electrons. The van der Waals surface area contributed by atoms with Crippen molar-refractivity contribution in [3.8, 4) is 0 Å². The number of nitrogens with zero attached hydrogens (tertiary/aromatic N) is 2. The van der Waals surface area contributed by atoms with Crippen LogP contribution in [-0.4, -0.2) is 28.0 Å². The Hall–Kier alpha value is -0.550. The van der Waals surface area contributed by atoms with Crippen LogP contribution in [0.15, 0.2) is 4.52 Å². The van der Waals surface area contributed by atoms with Crippen LogP contribution < -0.4 is 5.32 Å². The summed E-state index contributed by atoms with van der Waals surface area (Å²) in [5, 5.41) is 8.09. The number of nitrogens with one attached hydrogen (secondary N) is 1. The van der Waals surface area contributed by atoms with E-state index in [2.05, 4.69) is 50.1 Å². The van der Waals surface area contributed by atoms with Crippen LogP contribution in [0, 0.1) is 0 Å². The van der Waals surface area contributed by atoms with Crippen molar-refractivity contribution in [3.05, 3.63) is 11.7 Å². The van der Waals surface area contributed by atoms with E-state index in [1.54, 1.807) is 0 Å². The maximum absolute atomic E-state index is 5.35. The van der Waals surface area contributed by atoms with Crippen molar-refractivity contribution < 1.29 is 4.52 Å². The Morgan fingerprint density at radius 1 is 1.28 bits per heavy atom. The SMILES string of the molecule is CCCNC(C)C(C)c1nc(CSC(C)C)no1. The zero-order valence-electron chi connectivity index (χ0n) is 12.1. The summed E-state index contributed by atoms with van der Waals surface area (Å²) in [5.74, 6) is 2.62. The van der Waals surface area contributed by atoms with Crippen molar-refractivity contribution in [3.63, 3.8) is 0 Å². The highest BCUT2D eigenvalue weighted by Gasteiger charge is 2.20. The Balaban J connectivity index is 2.50. The third-order valence-electron chi connectivity index (χ3n) is 2.89. The predicted octanol–water partition coefficient (Wildman–Crippen LogP) is 3.20. The van der Waals surface area contributed by atoms with Gasteiger partial charge in [0.05, 0.1) is 11.7 Å². The van der Waals surface area contributed by atoms with Crippen LogP contribution in [0.2, 0.25) is 0 Å². The standard InChI is InChI=1S/C13H25N3OS/c1-6-7-14-11(5)10(4)13-15-12(16-17-13)8-18-9(2)3/h9-11,14H,6-8H2,1-5H3. The fourth-order valence-corrected chi connectivity index (χ4v) is 2.11. The minimum atomic E-state index is 0.252. The predicted molar refractivity (Wildman–Crippen MR) is 76.9 cm³/mol. The van der Waals surface area contributed by atoms with Crippen LogP contribution in [0.5, 0.6) is 0 Å². The molecular weight excluding hydrogens is 246 g/mol. The molecule has 1 aromatic heterocycles. The molecule has 1 heterocycles. The van der Waals surface area contributed by atoms with Gasteiger partial charge in [0.2, 0.25) is 5.89 Å². The molecule has 0 aromatic carbocycles. The first-order valence-corrected chi connectivity index (χ1v) is 7.76. The molecule has 0 aliphatic heterocycles. The Labute approximate surface area is 114 Å². The second-order valence-corrected chi connectivity index (χ2v) is 6.50. The highest BCUT2D eigenvalue weighted by Crippen LogP contribution is 2.20. The zero-order valence-corrected chi connectivity index (χ0v) is 12.9. The van der Waals surface area contributed by atoms with E-state index >= 15 is 0 Å². The molecule has 2 unspecified atom stereocenters. The molecule has 1 N–H and O–H groups in total. The normalized spacial score (nSPS) is 15.0. The summed E-state index contributed by atoms with van der Waals surface area (Å²) in [5.41, 5.74) is 0. The monoisotopic (exact) mass is 271 g/mol. The maximum Gasteiger partial charge on any atom is 0.231 e. The molecule has 0 aliphatic rings.